The van der Waals surface area contributed by atoms with E-state index in [0.717, 1.165) is 13.1 Å². The standard InChI is InChI=1S/C11H17N5/c1-9-11(7-14-16(9)3)6-12-4-10-5-13-15(2)8-10/h5,7-8,12H,4,6H2,1-3H3. The molecule has 5 heteroatoms. The first-order valence-corrected chi connectivity index (χ1v) is 5.32. The molecule has 0 fully saturated rings. The van der Waals surface area contributed by atoms with Crippen LogP contribution in [0.15, 0.2) is 18.6 Å². The Morgan fingerprint density at radius 2 is 2.00 bits per heavy atom. The van der Waals surface area contributed by atoms with Crippen LogP contribution in [0.1, 0.15) is 16.8 Å². The van der Waals surface area contributed by atoms with E-state index in [4.69, 9.17) is 0 Å². The molecular weight excluding hydrogens is 202 g/mol. The van der Waals surface area contributed by atoms with Gasteiger partial charge in [-0.1, -0.05) is 0 Å². The van der Waals surface area contributed by atoms with Gasteiger partial charge in [-0.2, -0.15) is 10.2 Å². The van der Waals surface area contributed by atoms with Crippen molar-refractivity contribution in [2.24, 2.45) is 14.1 Å². The van der Waals surface area contributed by atoms with Gasteiger partial charge in [-0.15, -0.1) is 0 Å². The monoisotopic (exact) mass is 219 g/mol. The second-order valence-corrected chi connectivity index (χ2v) is 4.00. The van der Waals surface area contributed by atoms with Gasteiger partial charge < -0.3 is 5.32 Å². The van der Waals surface area contributed by atoms with Crippen LogP contribution in [0.2, 0.25) is 0 Å². The van der Waals surface area contributed by atoms with Crippen molar-refractivity contribution in [3.8, 4) is 0 Å². The van der Waals surface area contributed by atoms with Crippen LogP contribution in [0.25, 0.3) is 0 Å². The molecule has 0 aliphatic carbocycles. The Labute approximate surface area is 95.1 Å². The Morgan fingerprint density at radius 1 is 1.19 bits per heavy atom. The second-order valence-electron chi connectivity index (χ2n) is 4.00. The minimum absolute atomic E-state index is 0.835. The summed E-state index contributed by atoms with van der Waals surface area (Å²) >= 11 is 0. The number of aryl methyl sites for hydroxylation is 2. The van der Waals surface area contributed by atoms with Crippen LogP contribution in [-0.4, -0.2) is 19.6 Å². The molecule has 0 bridgehead atoms. The summed E-state index contributed by atoms with van der Waals surface area (Å²) in [5.41, 5.74) is 3.65. The van der Waals surface area contributed by atoms with Crippen LogP contribution in [-0.2, 0) is 27.2 Å². The molecule has 0 atom stereocenters. The van der Waals surface area contributed by atoms with Crippen molar-refractivity contribution in [3.05, 3.63) is 35.4 Å². The van der Waals surface area contributed by atoms with Gasteiger partial charge in [-0.25, -0.2) is 0 Å². The molecule has 0 unspecified atom stereocenters. The van der Waals surface area contributed by atoms with Crippen LogP contribution >= 0.6 is 0 Å². The summed E-state index contributed by atoms with van der Waals surface area (Å²) < 4.78 is 3.70. The summed E-state index contributed by atoms with van der Waals surface area (Å²) in [6, 6.07) is 0. The lowest BCUT2D eigenvalue weighted by Crippen LogP contribution is -2.12. The first kappa shape index (κ1) is 10.9. The molecular formula is C11H17N5. The molecule has 0 saturated carbocycles. The third-order valence-electron chi connectivity index (χ3n) is 2.74. The molecule has 2 heterocycles. The summed E-state index contributed by atoms with van der Waals surface area (Å²) in [6.07, 6.45) is 5.80. The molecule has 0 aliphatic heterocycles. The van der Waals surface area contributed by atoms with Crippen LogP contribution < -0.4 is 5.32 Å². The fourth-order valence-electron chi connectivity index (χ4n) is 1.62. The van der Waals surface area contributed by atoms with Gasteiger partial charge in [-0.05, 0) is 6.92 Å². The molecule has 0 aromatic carbocycles. The SMILES string of the molecule is Cc1c(CNCc2cnn(C)c2)cnn1C. The van der Waals surface area contributed by atoms with E-state index in [-0.39, 0.29) is 0 Å². The van der Waals surface area contributed by atoms with E-state index >= 15 is 0 Å². The zero-order valence-electron chi connectivity index (χ0n) is 9.94. The van der Waals surface area contributed by atoms with Gasteiger partial charge in [-0.3, -0.25) is 9.36 Å². The third kappa shape index (κ3) is 2.30. The second kappa shape index (κ2) is 4.49. The Kier molecular flexibility index (Phi) is 3.05. The van der Waals surface area contributed by atoms with E-state index in [1.165, 1.54) is 16.8 Å². The van der Waals surface area contributed by atoms with E-state index < -0.39 is 0 Å². The molecule has 1 N–H and O–H groups in total. The fraction of sp³-hybridized carbons (Fsp3) is 0.455. The summed E-state index contributed by atoms with van der Waals surface area (Å²) in [7, 11) is 3.88. The maximum atomic E-state index is 4.21. The van der Waals surface area contributed by atoms with Gasteiger partial charge in [0, 0.05) is 50.2 Å². The Balaban J connectivity index is 1.86. The number of rotatable bonds is 4. The van der Waals surface area contributed by atoms with E-state index in [0.29, 0.717) is 0 Å². The highest BCUT2D eigenvalue weighted by Crippen LogP contribution is 2.05. The maximum absolute atomic E-state index is 4.21. The summed E-state index contributed by atoms with van der Waals surface area (Å²) in [6.45, 7) is 3.75. The molecule has 86 valence electrons. The molecule has 0 spiro atoms. The van der Waals surface area contributed by atoms with Crippen LogP contribution in [0.4, 0.5) is 0 Å². The van der Waals surface area contributed by atoms with E-state index in [9.17, 15) is 0 Å². The number of hydrogen-bond acceptors (Lipinski definition) is 3. The molecule has 16 heavy (non-hydrogen) atoms. The highest BCUT2D eigenvalue weighted by molar-refractivity contribution is 5.15. The molecule has 5 nitrogen and oxygen atoms in total. The minimum Gasteiger partial charge on any atom is -0.308 e. The summed E-state index contributed by atoms with van der Waals surface area (Å²) in [5.74, 6) is 0. The minimum atomic E-state index is 0.835. The van der Waals surface area contributed by atoms with Gasteiger partial charge in [0.15, 0.2) is 0 Å². The van der Waals surface area contributed by atoms with Gasteiger partial charge in [0.1, 0.15) is 0 Å². The molecule has 2 aromatic heterocycles. The molecule has 0 saturated heterocycles. The highest BCUT2D eigenvalue weighted by atomic mass is 15.3. The van der Waals surface area contributed by atoms with Crippen molar-refractivity contribution in [1.29, 1.82) is 0 Å². The van der Waals surface area contributed by atoms with Crippen LogP contribution in [0, 0.1) is 6.92 Å². The van der Waals surface area contributed by atoms with Gasteiger partial charge >= 0.3 is 0 Å². The van der Waals surface area contributed by atoms with Crippen LogP contribution in [0.5, 0.6) is 0 Å². The molecule has 2 rings (SSSR count). The average Bonchev–Trinajstić information content (AvgIpc) is 2.79. The molecule has 0 radical (unpaired) electrons. The molecule has 0 amide bonds. The number of nitrogens with zero attached hydrogens (tertiary/aromatic N) is 4. The van der Waals surface area contributed by atoms with Crippen molar-refractivity contribution in [3.63, 3.8) is 0 Å². The van der Waals surface area contributed by atoms with E-state index in [1.54, 1.807) is 0 Å². The Morgan fingerprint density at radius 3 is 2.56 bits per heavy atom. The van der Waals surface area contributed by atoms with E-state index in [1.807, 2.05) is 42.0 Å². The highest BCUT2D eigenvalue weighted by Gasteiger charge is 2.03. The van der Waals surface area contributed by atoms with Crippen molar-refractivity contribution in [2.75, 3.05) is 0 Å². The van der Waals surface area contributed by atoms with Gasteiger partial charge in [0.2, 0.25) is 0 Å². The topological polar surface area (TPSA) is 47.7 Å². The van der Waals surface area contributed by atoms with Gasteiger partial charge in [0.05, 0.1) is 12.4 Å². The lowest BCUT2D eigenvalue weighted by atomic mass is 10.2. The first-order valence-electron chi connectivity index (χ1n) is 5.32. The van der Waals surface area contributed by atoms with E-state index in [2.05, 4.69) is 22.4 Å². The fourth-order valence-corrected chi connectivity index (χ4v) is 1.62. The summed E-state index contributed by atoms with van der Waals surface area (Å²) in [5, 5.41) is 11.7. The predicted molar refractivity (Wildman–Crippen MR) is 61.7 cm³/mol. The summed E-state index contributed by atoms with van der Waals surface area (Å²) in [4.78, 5) is 0. The number of hydrogen-bond donors (Lipinski definition) is 1. The molecule has 0 aliphatic rings. The normalized spacial score (nSPS) is 10.9. The van der Waals surface area contributed by atoms with Crippen molar-refractivity contribution in [2.45, 2.75) is 20.0 Å². The van der Waals surface area contributed by atoms with Crippen molar-refractivity contribution in [1.82, 2.24) is 24.9 Å². The number of aromatic nitrogens is 4. The largest absolute Gasteiger partial charge is 0.308 e. The third-order valence-corrected chi connectivity index (χ3v) is 2.74. The first-order chi connectivity index (χ1) is 7.66. The Bertz CT molecular complexity index is 468. The van der Waals surface area contributed by atoms with Crippen molar-refractivity contribution >= 4 is 0 Å². The Hall–Kier alpha value is -1.62. The molecule has 2 aromatic rings. The quantitative estimate of drug-likeness (QED) is 0.825. The lowest BCUT2D eigenvalue weighted by Gasteiger charge is -2.02. The van der Waals surface area contributed by atoms with Crippen molar-refractivity contribution < 1.29 is 0 Å². The lowest BCUT2D eigenvalue weighted by molar-refractivity contribution is 0.683. The van der Waals surface area contributed by atoms with Crippen LogP contribution in [0.3, 0.4) is 0 Å². The number of nitrogens with one attached hydrogen (secondary N) is 1. The van der Waals surface area contributed by atoms with Gasteiger partial charge in [0.25, 0.3) is 0 Å². The average molecular weight is 219 g/mol. The smallest absolute Gasteiger partial charge is 0.0537 e. The zero-order valence-corrected chi connectivity index (χ0v) is 9.94. The maximum Gasteiger partial charge on any atom is 0.0537 e. The zero-order chi connectivity index (χ0) is 11.5. The predicted octanol–water partition coefficient (Wildman–Crippen LogP) is 0.752.